The van der Waals surface area contributed by atoms with Crippen LogP contribution >= 0.6 is 11.6 Å². The zero-order valence-electron chi connectivity index (χ0n) is 28.0. The molecule has 2 atom stereocenters. The summed E-state index contributed by atoms with van der Waals surface area (Å²) in [6.45, 7) is 2.21. The SMILES string of the molecule is Cc1ccn(-c2cc(Cl)ccc2[C@@H](Oc2cc(N3CCC4(CC3)CC(C(=O)O)N(C(=O)OCc3ccccc3)C4)nc(S(C)(=O)=O)n2)C(F)(F)F)n1. The van der Waals surface area contributed by atoms with E-state index < -0.39 is 56.7 Å². The van der Waals surface area contributed by atoms with Crippen LogP contribution in [0.25, 0.3) is 5.69 Å². The number of carbonyl (C=O) groups is 2. The highest BCUT2D eigenvalue weighted by atomic mass is 35.5. The number of aryl methyl sites for hydroxylation is 1. The second-order valence-electron chi connectivity index (χ2n) is 13.0. The molecule has 0 saturated carbocycles. The van der Waals surface area contributed by atoms with E-state index in [0.29, 0.717) is 18.5 Å². The van der Waals surface area contributed by atoms with Gasteiger partial charge in [0.25, 0.3) is 5.16 Å². The average Bonchev–Trinajstić information content (AvgIpc) is 3.70. The molecular formula is C34H34ClF3N6O7S. The quantitative estimate of drug-likeness (QED) is 0.206. The zero-order valence-corrected chi connectivity index (χ0v) is 29.5. The van der Waals surface area contributed by atoms with Gasteiger partial charge in [0.2, 0.25) is 21.8 Å². The van der Waals surface area contributed by atoms with Crippen molar-refractivity contribution in [1.82, 2.24) is 24.6 Å². The molecule has 1 N–H and O–H groups in total. The summed E-state index contributed by atoms with van der Waals surface area (Å²) in [7, 11) is -4.12. The maximum atomic E-state index is 14.7. The molecule has 6 rings (SSSR count). The Bertz CT molecular complexity index is 2070. The number of benzene rings is 2. The van der Waals surface area contributed by atoms with Crippen LogP contribution in [0, 0.1) is 12.3 Å². The van der Waals surface area contributed by atoms with Gasteiger partial charge >= 0.3 is 18.2 Å². The van der Waals surface area contributed by atoms with Gasteiger partial charge in [0.05, 0.1) is 11.4 Å². The Morgan fingerprint density at radius 2 is 1.79 bits per heavy atom. The summed E-state index contributed by atoms with van der Waals surface area (Å²) >= 11 is 6.15. The van der Waals surface area contributed by atoms with E-state index in [1.807, 2.05) is 6.07 Å². The van der Waals surface area contributed by atoms with E-state index >= 15 is 0 Å². The summed E-state index contributed by atoms with van der Waals surface area (Å²) in [5.74, 6) is -1.80. The monoisotopic (exact) mass is 762 g/mol. The lowest BCUT2D eigenvalue weighted by molar-refractivity contribution is -0.198. The summed E-state index contributed by atoms with van der Waals surface area (Å²) in [6, 6.07) is 14.3. The van der Waals surface area contributed by atoms with Gasteiger partial charge in [-0.15, -0.1) is 0 Å². The summed E-state index contributed by atoms with van der Waals surface area (Å²) in [5.41, 5.74) is 0.339. The van der Waals surface area contributed by atoms with E-state index in [1.165, 1.54) is 27.9 Å². The number of anilines is 1. The van der Waals surface area contributed by atoms with Crippen molar-refractivity contribution in [2.45, 2.75) is 56.3 Å². The van der Waals surface area contributed by atoms with Crippen LogP contribution in [0.5, 0.6) is 5.88 Å². The number of amides is 1. The summed E-state index contributed by atoms with van der Waals surface area (Å²) in [4.78, 5) is 36.2. The molecule has 1 amide bonds. The molecule has 2 aliphatic heterocycles. The Balaban J connectivity index is 1.24. The van der Waals surface area contributed by atoms with Crippen LogP contribution in [-0.2, 0) is 26.0 Å². The largest absolute Gasteiger partial charge is 0.480 e. The van der Waals surface area contributed by atoms with Crippen molar-refractivity contribution in [3.63, 3.8) is 0 Å². The molecule has 18 heteroatoms. The number of carbonyl (C=O) groups excluding carboxylic acids is 1. The third-order valence-electron chi connectivity index (χ3n) is 9.16. The summed E-state index contributed by atoms with van der Waals surface area (Å²) in [5, 5.41) is 13.6. The van der Waals surface area contributed by atoms with Crippen molar-refractivity contribution in [2.75, 3.05) is 30.8 Å². The minimum atomic E-state index is -4.99. The maximum Gasteiger partial charge on any atom is 0.429 e. The minimum absolute atomic E-state index is 0.00362. The van der Waals surface area contributed by atoms with Gasteiger partial charge in [0, 0.05) is 48.7 Å². The molecule has 2 aliphatic rings. The van der Waals surface area contributed by atoms with E-state index in [1.54, 1.807) is 42.2 Å². The molecule has 0 aliphatic carbocycles. The topological polar surface area (TPSA) is 157 Å². The lowest BCUT2D eigenvalue weighted by atomic mass is 9.76. The summed E-state index contributed by atoms with van der Waals surface area (Å²) < 4.78 is 81.6. The molecule has 2 saturated heterocycles. The first-order valence-corrected chi connectivity index (χ1v) is 18.4. The Labute approximate surface area is 301 Å². The molecule has 0 radical (unpaired) electrons. The average molecular weight is 763 g/mol. The second-order valence-corrected chi connectivity index (χ2v) is 15.3. The van der Waals surface area contributed by atoms with Gasteiger partial charge in [0.1, 0.15) is 18.5 Å². The molecule has 2 fully saturated rings. The summed E-state index contributed by atoms with van der Waals surface area (Å²) in [6.07, 6.45) is -5.14. The molecule has 13 nitrogen and oxygen atoms in total. The number of halogens is 4. The molecule has 2 aromatic heterocycles. The number of carboxylic acids is 1. The van der Waals surface area contributed by atoms with E-state index in [-0.39, 0.29) is 54.8 Å². The van der Waals surface area contributed by atoms with Crippen LogP contribution in [-0.4, -0.2) is 88.3 Å². The van der Waals surface area contributed by atoms with Crippen molar-refractivity contribution < 1.29 is 45.8 Å². The standard InChI is InChI=1S/C34H34ClF3N6O7S/c1-21-10-13-44(41-21)25-16-23(35)8-9-24(25)29(34(36,37)38)51-28-17-27(39-31(40-28)52(2,48)49)42-14-11-33(12-15-42)18-26(30(45)46)43(20-33)32(47)50-19-22-6-4-3-5-7-22/h3-10,13,16-17,26,29H,11-12,14-15,18-20H2,1-2H3,(H,45,46)/t26?,29-/m1/s1. The number of ether oxygens (including phenoxy) is 2. The van der Waals surface area contributed by atoms with Crippen LogP contribution < -0.4 is 9.64 Å². The van der Waals surface area contributed by atoms with Crippen molar-refractivity contribution in [3.8, 4) is 11.6 Å². The third-order valence-corrected chi connectivity index (χ3v) is 10.2. The first kappa shape index (κ1) is 36.9. The molecular weight excluding hydrogens is 729 g/mol. The van der Waals surface area contributed by atoms with E-state index in [2.05, 4.69) is 15.1 Å². The van der Waals surface area contributed by atoms with E-state index in [4.69, 9.17) is 21.1 Å². The molecule has 1 unspecified atom stereocenters. The maximum absolute atomic E-state index is 14.7. The molecule has 0 bridgehead atoms. The molecule has 4 heterocycles. The van der Waals surface area contributed by atoms with Crippen LogP contribution in [0.2, 0.25) is 5.02 Å². The molecule has 276 valence electrons. The molecule has 52 heavy (non-hydrogen) atoms. The Morgan fingerprint density at radius 3 is 2.40 bits per heavy atom. The number of aliphatic carboxylic acids is 1. The van der Waals surface area contributed by atoms with Crippen LogP contribution in [0.15, 0.2) is 72.0 Å². The normalized spacial score (nSPS) is 18.0. The Kier molecular flexibility index (Phi) is 10.1. The second kappa shape index (κ2) is 14.3. The molecule has 1 spiro atoms. The minimum Gasteiger partial charge on any atom is -0.480 e. The van der Waals surface area contributed by atoms with Gasteiger partial charge < -0.3 is 19.5 Å². The Morgan fingerprint density at radius 1 is 1.08 bits per heavy atom. The van der Waals surface area contributed by atoms with E-state index in [9.17, 15) is 36.3 Å². The first-order chi connectivity index (χ1) is 24.5. The number of aromatic nitrogens is 4. The van der Waals surface area contributed by atoms with Crippen LogP contribution in [0.3, 0.4) is 0 Å². The van der Waals surface area contributed by atoms with Gasteiger partial charge in [-0.05, 0) is 55.4 Å². The number of piperidine rings is 1. The predicted octanol–water partition coefficient (Wildman–Crippen LogP) is 5.79. The fourth-order valence-corrected chi connectivity index (χ4v) is 7.22. The lowest BCUT2D eigenvalue weighted by Gasteiger charge is -2.39. The van der Waals surface area contributed by atoms with E-state index in [0.717, 1.165) is 24.0 Å². The lowest BCUT2D eigenvalue weighted by Crippen LogP contribution is -2.43. The fraction of sp³-hybridized carbons (Fsp3) is 0.382. The van der Waals surface area contributed by atoms with Gasteiger partial charge in [-0.3, -0.25) is 4.90 Å². The van der Waals surface area contributed by atoms with Gasteiger partial charge in [-0.2, -0.15) is 23.3 Å². The number of sulfone groups is 1. The van der Waals surface area contributed by atoms with Crippen molar-refractivity contribution in [3.05, 3.63) is 88.7 Å². The van der Waals surface area contributed by atoms with Crippen molar-refractivity contribution in [1.29, 1.82) is 0 Å². The molecule has 4 aromatic rings. The van der Waals surface area contributed by atoms with Gasteiger partial charge in [-0.1, -0.05) is 48.0 Å². The number of nitrogens with zero attached hydrogens (tertiary/aromatic N) is 6. The number of alkyl halides is 3. The van der Waals surface area contributed by atoms with Crippen molar-refractivity contribution in [2.24, 2.45) is 5.41 Å². The fourth-order valence-electron chi connectivity index (χ4n) is 6.54. The first-order valence-electron chi connectivity index (χ1n) is 16.1. The highest BCUT2D eigenvalue weighted by molar-refractivity contribution is 7.90. The van der Waals surface area contributed by atoms with Crippen molar-refractivity contribution >= 4 is 39.3 Å². The zero-order chi connectivity index (χ0) is 37.4. The van der Waals surface area contributed by atoms with Gasteiger partial charge in [0.15, 0.2) is 0 Å². The number of hydrogen-bond donors (Lipinski definition) is 1. The Hall–Kier alpha value is -4.90. The third kappa shape index (κ3) is 8.09. The highest BCUT2D eigenvalue weighted by Crippen LogP contribution is 2.45. The number of likely N-dealkylation sites (tertiary alicyclic amines) is 1. The number of rotatable bonds is 9. The van der Waals surface area contributed by atoms with Crippen LogP contribution in [0.1, 0.15) is 42.2 Å². The number of carboxylic acid groups (broad SMARTS) is 1. The van der Waals surface area contributed by atoms with Gasteiger partial charge in [-0.25, -0.2) is 27.7 Å². The van der Waals surface area contributed by atoms with Crippen LogP contribution in [0.4, 0.5) is 23.8 Å². The smallest absolute Gasteiger partial charge is 0.429 e. The molecule has 2 aromatic carbocycles. The predicted molar refractivity (Wildman–Crippen MR) is 181 cm³/mol. The number of hydrogen-bond acceptors (Lipinski definition) is 10. The highest BCUT2D eigenvalue weighted by Gasteiger charge is 2.51.